The third-order valence-electron chi connectivity index (χ3n) is 2.56. The van der Waals surface area contributed by atoms with E-state index in [-0.39, 0.29) is 6.04 Å². The molecule has 0 saturated heterocycles. The predicted octanol–water partition coefficient (Wildman–Crippen LogP) is 0.863. The summed E-state index contributed by atoms with van der Waals surface area (Å²) in [6, 6.07) is -0.181. The Labute approximate surface area is 101 Å². The molecule has 0 rings (SSSR count). The maximum atomic E-state index is 11.8. The molecule has 0 aliphatic rings. The third kappa shape index (κ3) is 3.95. The fourth-order valence-corrected chi connectivity index (χ4v) is 3.04. The van der Waals surface area contributed by atoms with Gasteiger partial charge in [0, 0.05) is 13.1 Å². The van der Waals surface area contributed by atoms with E-state index in [4.69, 9.17) is 5.11 Å². The maximum Gasteiger partial charge on any atom is 0.323 e. The fourth-order valence-electron chi connectivity index (χ4n) is 1.10. The predicted molar refractivity (Wildman–Crippen MR) is 66.2 cm³/mol. The number of thioether (sulfide) groups is 1. The van der Waals surface area contributed by atoms with Gasteiger partial charge in [0.15, 0.2) is 5.25 Å². The van der Waals surface area contributed by atoms with Gasteiger partial charge in [0.25, 0.3) is 0 Å². The van der Waals surface area contributed by atoms with Gasteiger partial charge in [0.1, 0.15) is 0 Å². The van der Waals surface area contributed by atoms with E-state index in [0.29, 0.717) is 6.42 Å². The molecule has 0 saturated carbocycles. The van der Waals surface area contributed by atoms with Crippen LogP contribution in [0.2, 0.25) is 0 Å². The van der Waals surface area contributed by atoms with Gasteiger partial charge < -0.3 is 5.11 Å². The van der Waals surface area contributed by atoms with Crippen molar-refractivity contribution in [1.82, 2.24) is 4.31 Å². The Morgan fingerprint density at radius 3 is 2.31 bits per heavy atom. The van der Waals surface area contributed by atoms with Crippen LogP contribution < -0.4 is 0 Å². The summed E-state index contributed by atoms with van der Waals surface area (Å²) in [6.07, 6.45) is 2.66. The van der Waals surface area contributed by atoms with Gasteiger partial charge in [-0.15, -0.1) is 0 Å². The average Bonchev–Trinajstić information content (AvgIpc) is 2.23. The highest BCUT2D eigenvalue weighted by atomic mass is 32.2. The molecule has 2 unspecified atom stereocenters. The van der Waals surface area contributed by atoms with Crippen LogP contribution in [-0.2, 0) is 14.8 Å². The molecule has 0 aromatic heterocycles. The second-order valence-electron chi connectivity index (χ2n) is 3.67. The van der Waals surface area contributed by atoms with E-state index in [1.807, 2.05) is 6.26 Å². The quantitative estimate of drug-likeness (QED) is 0.742. The molecule has 0 amide bonds. The standard InChI is InChI=1S/C9H19NO4S2/c1-7(5-6-15-4)10(3)16(13,14)8(2)9(11)12/h7-8H,5-6H2,1-4H3,(H,11,12). The Balaban J connectivity index is 4.69. The average molecular weight is 269 g/mol. The van der Waals surface area contributed by atoms with Crippen molar-refractivity contribution >= 4 is 27.8 Å². The first kappa shape index (κ1) is 15.7. The van der Waals surface area contributed by atoms with Gasteiger partial charge in [-0.05, 0) is 32.3 Å². The van der Waals surface area contributed by atoms with Crippen molar-refractivity contribution in [3.8, 4) is 0 Å². The molecule has 16 heavy (non-hydrogen) atoms. The monoisotopic (exact) mass is 269 g/mol. The number of hydrogen-bond acceptors (Lipinski definition) is 4. The van der Waals surface area contributed by atoms with E-state index in [9.17, 15) is 13.2 Å². The lowest BCUT2D eigenvalue weighted by molar-refractivity contribution is -0.136. The highest BCUT2D eigenvalue weighted by molar-refractivity contribution is 7.98. The lowest BCUT2D eigenvalue weighted by Crippen LogP contribution is -2.43. The molecule has 2 atom stereocenters. The fraction of sp³-hybridized carbons (Fsp3) is 0.889. The van der Waals surface area contributed by atoms with Crippen molar-refractivity contribution in [3.05, 3.63) is 0 Å². The maximum absolute atomic E-state index is 11.8. The van der Waals surface area contributed by atoms with E-state index in [1.54, 1.807) is 18.7 Å². The number of carbonyl (C=O) groups is 1. The SMILES string of the molecule is CSCCC(C)N(C)S(=O)(=O)C(C)C(=O)O. The number of hydrogen-bond donors (Lipinski definition) is 1. The zero-order valence-electron chi connectivity index (χ0n) is 10.0. The van der Waals surface area contributed by atoms with E-state index in [0.717, 1.165) is 10.1 Å². The van der Waals surface area contributed by atoms with Crippen LogP contribution in [0.3, 0.4) is 0 Å². The Bertz CT molecular complexity index is 328. The number of aliphatic carboxylic acids is 1. The minimum atomic E-state index is -3.74. The first-order valence-corrected chi connectivity index (χ1v) is 7.83. The molecule has 7 heteroatoms. The van der Waals surface area contributed by atoms with Crippen LogP contribution in [0.25, 0.3) is 0 Å². The summed E-state index contributed by atoms with van der Waals surface area (Å²) in [7, 11) is -2.31. The second-order valence-corrected chi connectivity index (χ2v) is 6.97. The number of sulfonamides is 1. The van der Waals surface area contributed by atoms with Crippen LogP contribution in [0, 0.1) is 0 Å². The number of rotatable bonds is 7. The molecule has 0 radical (unpaired) electrons. The van der Waals surface area contributed by atoms with Gasteiger partial charge in [0.2, 0.25) is 10.0 Å². The highest BCUT2D eigenvalue weighted by Crippen LogP contribution is 2.14. The Morgan fingerprint density at radius 1 is 1.44 bits per heavy atom. The molecule has 5 nitrogen and oxygen atoms in total. The number of nitrogens with zero attached hydrogens (tertiary/aromatic N) is 1. The highest BCUT2D eigenvalue weighted by Gasteiger charge is 2.33. The topological polar surface area (TPSA) is 74.7 Å². The molecule has 0 aromatic rings. The zero-order chi connectivity index (χ0) is 12.9. The summed E-state index contributed by atoms with van der Waals surface area (Å²) in [5.41, 5.74) is 0. The van der Waals surface area contributed by atoms with Crippen molar-refractivity contribution in [3.63, 3.8) is 0 Å². The summed E-state index contributed by atoms with van der Waals surface area (Å²) < 4.78 is 24.8. The summed E-state index contributed by atoms with van der Waals surface area (Å²) in [5.74, 6) is -0.466. The minimum absolute atomic E-state index is 0.181. The van der Waals surface area contributed by atoms with Gasteiger partial charge in [-0.2, -0.15) is 11.8 Å². The third-order valence-corrected chi connectivity index (χ3v) is 5.46. The van der Waals surface area contributed by atoms with Gasteiger partial charge in [-0.3, -0.25) is 4.79 Å². The number of carboxylic acid groups (broad SMARTS) is 1. The molecule has 0 fully saturated rings. The Kier molecular flexibility index (Phi) is 6.35. The lowest BCUT2D eigenvalue weighted by Gasteiger charge is -2.25. The smallest absolute Gasteiger partial charge is 0.323 e. The molecular formula is C9H19NO4S2. The summed E-state index contributed by atoms with van der Waals surface area (Å²) >= 11 is 1.63. The first-order valence-electron chi connectivity index (χ1n) is 4.93. The van der Waals surface area contributed by atoms with Gasteiger partial charge >= 0.3 is 5.97 Å². The van der Waals surface area contributed by atoms with Gasteiger partial charge in [0.05, 0.1) is 0 Å². The minimum Gasteiger partial charge on any atom is -0.480 e. The zero-order valence-corrected chi connectivity index (χ0v) is 11.6. The van der Waals surface area contributed by atoms with Crippen LogP contribution in [-0.4, -0.2) is 54.1 Å². The molecule has 1 N–H and O–H groups in total. The van der Waals surface area contributed by atoms with E-state index < -0.39 is 21.2 Å². The van der Waals surface area contributed by atoms with Crippen LogP contribution in [0.1, 0.15) is 20.3 Å². The van der Waals surface area contributed by atoms with Crippen LogP contribution in [0.15, 0.2) is 0 Å². The Morgan fingerprint density at radius 2 is 1.94 bits per heavy atom. The normalized spacial score (nSPS) is 16.1. The molecule has 0 spiro atoms. The van der Waals surface area contributed by atoms with Crippen LogP contribution in [0.4, 0.5) is 0 Å². The molecule has 96 valence electrons. The first-order chi connectivity index (χ1) is 7.25. The van der Waals surface area contributed by atoms with Crippen molar-refractivity contribution in [1.29, 1.82) is 0 Å². The number of carboxylic acids is 1. The largest absolute Gasteiger partial charge is 0.480 e. The van der Waals surface area contributed by atoms with Crippen molar-refractivity contribution < 1.29 is 18.3 Å². The van der Waals surface area contributed by atoms with Gasteiger partial charge in [-0.1, -0.05) is 0 Å². The van der Waals surface area contributed by atoms with Gasteiger partial charge in [-0.25, -0.2) is 12.7 Å². The van der Waals surface area contributed by atoms with E-state index >= 15 is 0 Å². The molecule has 0 heterocycles. The van der Waals surface area contributed by atoms with E-state index in [1.165, 1.54) is 14.0 Å². The summed E-state index contributed by atoms with van der Waals surface area (Å²) in [5, 5.41) is 7.32. The van der Waals surface area contributed by atoms with E-state index in [2.05, 4.69) is 0 Å². The van der Waals surface area contributed by atoms with Crippen molar-refractivity contribution in [2.24, 2.45) is 0 Å². The van der Waals surface area contributed by atoms with Crippen LogP contribution >= 0.6 is 11.8 Å². The summed E-state index contributed by atoms with van der Waals surface area (Å²) in [4.78, 5) is 10.7. The van der Waals surface area contributed by atoms with Crippen LogP contribution in [0.5, 0.6) is 0 Å². The molecular weight excluding hydrogens is 250 g/mol. The molecule has 0 aliphatic carbocycles. The molecule has 0 aromatic carbocycles. The second kappa shape index (κ2) is 6.46. The van der Waals surface area contributed by atoms with Crippen molar-refractivity contribution in [2.45, 2.75) is 31.6 Å². The molecule has 0 bridgehead atoms. The molecule has 0 aliphatic heterocycles. The Hall–Kier alpha value is -0.270. The lowest BCUT2D eigenvalue weighted by atomic mass is 10.3. The summed E-state index contributed by atoms with van der Waals surface area (Å²) in [6.45, 7) is 2.97. The van der Waals surface area contributed by atoms with Crippen molar-refractivity contribution in [2.75, 3.05) is 19.1 Å².